The summed E-state index contributed by atoms with van der Waals surface area (Å²) in [5.41, 5.74) is -3.93. The molecule has 6 rings (SSSR count). The predicted octanol–water partition coefficient (Wildman–Crippen LogP) is 4.07. The molecule has 0 radical (unpaired) electrons. The number of imide groups is 1. The average molecular weight is 1110 g/mol. The van der Waals surface area contributed by atoms with E-state index in [-0.39, 0.29) is 68.8 Å². The lowest BCUT2D eigenvalue weighted by atomic mass is 9.80. The molecule has 23 heteroatoms. The summed E-state index contributed by atoms with van der Waals surface area (Å²) in [4.78, 5) is 83.1. The molecule has 0 bridgehead atoms. The lowest BCUT2D eigenvalue weighted by molar-refractivity contribution is -0.318. The van der Waals surface area contributed by atoms with Crippen molar-refractivity contribution in [3.05, 3.63) is 35.4 Å². The second-order valence-corrected chi connectivity index (χ2v) is 24.5. The van der Waals surface area contributed by atoms with Crippen LogP contribution >= 0.6 is 0 Å². The summed E-state index contributed by atoms with van der Waals surface area (Å²) in [6.07, 6.45) is -10.5. The highest BCUT2D eigenvalue weighted by Gasteiger charge is 2.54. The van der Waals surface area contributed by atoms with Crippen LogP contribution in [0.1, 0.15) is 155 Å². The fraction of sp³-hybridized carbons (Fsp3) is 0.782. The zero-order valence-electron chi connectivity index (χ0n) is 47.2. The number of ether oxygens (including phenoxy) is 9. The fourth-order valence-corrected chi connectivity index (χ4v) is 10.2. The van der Waals surface area contributed by atoms with Gasteiger partial charge in [0.1, 0.15) is 47.3 Å². The number of nitrogens with zero attached hydrogens (tertiary/aromatic N) is 2. The molecule has 78 heavy (non-hydrogen) atoms. The second-order valence-electron chi connectivity index (χ2n) is 24.5. The van der Waals surface area contributed by atoms with Crippen LogP contribution in [0, 0.1) is 11.8 Å². The van der Waals surface area contributed by atoms with Crippen molar-refractivity contribution in [2.24, 2.45) is 11.8 Å². The third-order valence-electron chi connectivity index (χ3n) is 14.1. The number of hydrogen-bond acceptors (Lipinski definition) is 19. The number of hydrogen-bond donors (Lipinski definition) is 6. The Morgan fingerprint density at radius 2 is 1.44 bits per heavy atom. The van der Waals surface area contributed by atoms with Gasteiger partial charge in [-0.05, 0) is 133 Å². The molecular weight excluding hydrogens is 1020 g/mol. The van der Waals surface area contributed by atoms with E-state index in [2.05, 4.69) is 10.6 Å². The Kier molecular flexibility index (Phi) is 21.2. The van der Waals surface area contributed by atoms with Crippen LogP contribution in [-0.2, 0) is 52.2 Å². The lowest BCUT2D eigenvalue weighted by Crippen LogP contribution is -2.68. The summed E-state index contributed by atoms with van der Waals surface area (Å²) in [5.74, 6) is -4.17. The molecular formula is C55H86N4O19. The molecule has 6 N–H and O–H groups in total. The zero-order valence-corrected chi connectivity index (χ0v) is 47.2. The van der Waals surface area contributed by atoms with Crippen molar-refractivity contribution in [3.8, 4) is 0 Å². The number of esters is 1. The van der Waals surface area contributed by atoms with Crippen LogP contribution in [-0.4, -0.2) is 196 Å². The Morgan fingerprint density at radius 1 is 0.821 bits per heavy atom. The van der Waals surface area contributed by atoms with Gasteiger partial charge in [0.25, 0.3) is 11.8 Å². The normalized spacial score (nSPS) is 31.2. The molecule has 4 fully saturated rings. The molecule has 5 aliphatic rings. The summed E-state index contributed by atoms with van der Waals surface area (Å²) < 4.78 is 54.4. The van der Waals surface area contributed by atoms with E-state index >= 15 is 0 Å². The number of alkyl carbamates (subject to hydrolysis) is 1. The van der Waals surface area contributed by atoms with E-state index in [0.29, 0.717) is 19.4 Å². The molecule has 14 atom stereocenters. The van der Waals surface area contributed by atoms with Crippen molar-refractivity contribution in [3.63, 3.8) is 0 Å². The van der Waals surface area contributed by atoms with E-state index in [1.54, 1.807) is 86.6 Å². The molecule has 440 valence electrons. The van der Waals surface area contributed by atoms with Crippen molar-refractivity contribution < 1.29 is 91.8 Å². The average Bonchev–Trinajstić information content (AvgIpc) is 3.60. The van der Waals surface area contributed by atoms with Gasteiger partial charge in [0.05, 0.1) is 61.1 Å². The van der Waals surface area contributed by atoms with Crippen LogP contribution < -0.4 is 10.6 Å². The Labute approximate surface area is 457 Å². The maximum Gasteiger partial charge on any atom is 0.410 e. The van der Waals surface area contributed by atoms with E-state index in [0.717, 1.165) is 24.2 Å². The summed E-state index contributed by atoms with van der Waals surface area (Å²) >= 11 is 0. The first kappa shape index (κ1) is 62.6. The van der Waals surface area contributed by atoms with Gasteiger partial charge in [-0.1, -0.05) is 19.1 Å². The summed E-state index contributed by atoms with van der Waals surface area (Å²) in [6.45, 7) is 19.0. The molecule has 1 aromatic rings. The number of amides is 5. The third-order valence-corrected chi connectivity index (χ3v) is 14.1. The van der Waals surface area contributed by atoms with Crippen LogP contribution in [0.3, 0.4) is 0 Å². The monoisotopic (exact) mass is 1110 g/mol. The van der Waals surface area contributed by atoms with Gasteiger partial charge in [-0.15, -0.1) is 0 Å². The van der Waals surface area contributed by atoms with E-state index in [9.17, 15) is 49.2 Å². The highest BCUT2D eigenvalue weighted by Crippen LogP contribution is 2.38. The minimum atomic E-state index is -1.80. The Balaban J connectivity index is 1.25. The van der Waals surface area contributed by atoms with Crippen molar-refractivity contribution in [2.75, 3.05) is 39.5 Å². The van der Waals surface area contributed by atoms with Gasteiger partial charge in [-0.3, -0.25) is 24.1 Å². The van der Waals surface area contributed by atoms with Gasteiger partial charge in [-0.2, -0.15) is 0 Å². The van der Waals surface area contributed by atoms with Gasteiger partial charge in [0.15, 0.2) is 18.9 Å². The van der Waals surface area contributed by atoms with Gasteiger partial charge in [0, 0.05) is 31.5 Å². The number of nitrogens with one attached hydrogen (secondary N) is 2. The number of aliphatic hydroxyl groups is 4. The van der Waals surface area contributed by atoms with Crippen molar-refractivity contribution in [1.29, 1.82) is 0 Å². The molecule has 1 aromatic carbocycles. The second kappa shape index (κ2) is 26.4. The van der Waals surface area contributed by atoms with E-state index in [1.807, 2.05) is 6.92 Å². The molecule has 7 unspecified atom stereocenters. The van der Waals surface area contributed by atoms with Gasteiger partial charge >= 0.3 is 18.2 Å². The molecule has 0 aromatic heterocycles. The standard InChI is InChI=1S/C55H86N4O19/c1-31-21-22-32(29-58(51(68)78-54(8,9)10)24-26-71-40-20-14-15-25-70-40)73-48(31)74-44-37(57-50(67)77-53(5,6)7)28-36(56-45(64)38(60)19-16-23-59-46(65)33-17-12-13-18-34(33)47(59)66)43(42(44)63)75-49-41(62)35(55(11,69)30-72-49)27-39(61)76-52(2,3)4/h12-13,17-18,31-32,35-38,40-44,48-49,60,62-63,69H,14-16,19-30H2,1-11H3,(H,56,64)(H,57,67)/t31?,32-,35+,36+,37-,38-,40?,41?,42?,43?,44?,48+,49+,55?/m0/s1. The first-order chi connectivity index (χ1) is 36.4. The molecule has 3 saturated heterocycles. The molecule has 5 amide bonds. The first-order valence-corrected chi connectivity index (χ1v) is 27.4. The van der Waals surface area contributed by atoms with E-state index < -0.39 is 139 Å². The largest absolute Gasteiger partial charge is 0.460 e. The first-order valence-electron chi connectivity index (χ1n) is 27.4. The molecule has 1 saturated carbocycles. The highest BCUT2D eigenvalue weighted by atomic mass is 16.7. The lowest BCUT2D eigenvalue weighted by Gasteiger charge is -2.49. The minimum Gasteiger partial charge on any atom is -0.460 e. The Hall–Kier alpha value is -4.56. The fourth-order valence-electron chi connectivity index (χ4n) is 10.2. The summed E-state index contributed by atoms with van der Waals surface area (Å²) in [6, 6.07) is 3.92. The van der Waals surface area contributed by atoms with Crippen molar-refractivity contribution in [2.45, 2.75) is 224 Å². The van der Waals surface area contributed by atoms with Crippen LogP contribution in [0.2, 0.25) is 0 Å². The summed E-state index contributed by atoms with van der Waals surface area (Å²) in [5, 5.41) is 52.8. The van der Waals surface area contributed by atoms with Crippen molar-refractivity contribution in [1.82, 2.24) is 20.4 Å². The van der Waals surface area contributed by atoms with Gasteiger partial charge in [0.2, 0.25) is 5.91 Å². The predicted molar refractivity (Wildman–Crippen MR) is 277 cm³/mol. The van der Waals surface area contributed by atoms with E-state index in [4.69, 9.17) is 42.6 Å². The quantitative estimate of drug-likeness (QED) is 0.0646. The molecule has 1 aliphatic carbocycles. The molecule has 4 aliphatic heterocycles. The third kappa shape index (κ3) is 17.5. The molecule has 0 spiro atoms. The van der Waals surface area contributed by atoms with Gasteiger partial charge in [-0.25, -0.2) is 9.59 Å². The number of aliphatic hydroxyl groups excluding tert-OH is 3. The Morgan fingerprint density at radius 3 is 2.04 bits per heavy atom. The van der Waals surface area contributed by atoms with Crippen LogP contribution in [0.4, 0.5) is 9.59 Å². The molecule has 23 nitrogen and oxygen atoms in total. The highest BCUT2D eigenvalue weighted by molar-refractivity contribution is 6.21. The number of carbonyl (C=O) groups is 6. The van der Waals surface area contributed by atoms with Crippen molar-refractivity contribution >= 4 is 35.9 Å². The number of carbonyl (C=O) groups excluding carboxylic acids is 6. The van der Waals surface area contributed by atoms with Crippen LogP contribution in [0.5, 0.6) is 0 Å². The van der Waals surface area contributed by atoms with E-state index in [1.165, 1.54) is 11.8 Å². The van der Waals surface area contributed by atoms with Crippen LogP contribution in [0.25, 0.3) is 0 Å². The number of rotatable bonds is 19. The SMILES string of the molecule is CC1CC[C@@H](CN(CCOC2CCCCO2)C(=O)OC(C)(C)C)O[C@@H]1OC1C(O)C(O[C@H]2OCC(C)(O)[C@H](CC(=O)OC(C)(C)C)C2O)[C@H](NC(=O)[C@@H](O)CCCN2C(=O)c3ccccc3C2=O)C[C@@H]1NC(=O)OC(C)(C)C. The Bertz CT molecular complexity index is 2190. The zero-order chi connectivity index (χ0) is 57.5. The smallest absolute Gasteiger partial charge is 0.410 e. The maximum absolute atomic E-state index is 14.1. The molecule has 4 heterocycles. The van der Waals surface area contributed by atoms with Gasteiger partial charge < -0.3 is 78.6 Å². The number of benzene rings is 1. The topological polar surface area (TPSA) is 297 Å². The van der Waals surface area contributed by atoms with Crippen LogP contribution in [0.15, 0.2) is 24.3 Å². The number of fused-ring (bicyclic) bond motifs is 1. The maximum atomic E-state index is 14.1. The summed E-state index contributed by atoms with van der Waals surface area (Å²) in [7, 11) is 0. The minimum absolute atomic E-state index is 0.0341.